The summed E-state index contributed by atoms with van der Waals surface area (Å²) in [5.41, 5.74) is -0.242. The van der Waals surface area contributed by atoms with Crippen LogP contribution in [0, 0.1) is 5.92 Å². The maximum Gasteiger partial charge on any atom is 0.191 e. The number of hydrogen-bond acceptors (Lipinski definition) is 3. The molecule has 21 heavy (non-hydrogen) atoms. The number of guanidine groups is 1. The van der Waals surface area contributed by atoms with Crippen LogP contribution in [0.2, 0.25) is 0 Å². The third-order valence-electron chi connectivity index (χ3n) is 3.36. The molecule has 0 saturated carbocycles. The molecule has 0 spiro atoms. The van der Waals surface area contributed by atoms with Crippen LogP contribution in [0.5, 0.6) is 0 Å². The summed E-state index contributed by atoms with van der Waals surface area (Å²) in [6, 6.07) is 0. The van der Waals surface area contributed by atoms with Crippen molar-refractivity contribution in [2.45, 2.75) is 59.7 Å². The third kappa shape index (κ3) is 9.69. The largest absolute Gasteiger partial charge is 0.378 e. The zero-order chi connectivity index (χ0) is 16.3. The van der Waals surface area contributed by atoms with Crippen molar-refractivity contribution in [3.63, 3.8) is 0 Å². The van der Waals surface area contributed by atoms with Crippen LogP contribution >= 0.6 is 0 Å². The maximum absolute atomic E-state index is 5.76. The number of nitrogens with zero attached hydrogens (tertiary/aromatic N) is 1. The molecule has 1 unspecified atom stereocenters. The van der Waals surface area contributed by atoms with E-state index in [0.717, 1.165) is 32.1 Å². The molecule has 0 aliphatic rings. The van der Waals surface area contributed by atoms with Crippen LogP contribution < -0.4 is 10.6 Å². The summed E-state index contributed by atoms with van der Waals surface area (Å²) in [6.07, 6.45) is 1.27. The van der Waals surface area contributed by atoms with E-state index in [4.69, 9.17) is 9.47 Å². The summed E-state index contributed by atoms with van der Waals surface area (Å²) in [6.45, 7) is 15.6. The minimum absolute atomic E-state index is 0.242. The fourth-order valence-electron chi connectivity index (χ4n) is 1.83. The van der Waals surface area contributed by atoms with E-state index >= 15 is 0 Å². The summed E-state index contributed by atoms with van der Waals surface area (Å²) in [5, 5.41) is 6.62. The van der Waals surface area contributed by atoms with E-state index in [1.54, 1.807) is 7.11 Å². The molecule has 0 fully saturated rings. The Morgan fingerprint density at radius 2 is 1.86 bits per heavy atom. The molecule has 2 N–H and O–H groups in total. The average Bonchev–Trinajstić information content (AvgIpc) is 2.43. The van der Waals surface area contributed by atoms with E-state index in [9.17, 15) is 0 Å². The Kier molecular flexibility index (Phi) is 10.4. The molecule has 0 aromatic rings. The summed E-state index contributed by atoms with van der Waals surface area (Å²) in [4.78, 5) is 4.57. The first-order chi connectivity index (χ1) is 9.86. The lowest BCUT2D eigenvalue weighted by Gasteiger charge is -2.23. The minimum Gasteiger partial charge on any atom is -0.378 e. The van der Waals surface area contributed by atoms with Gasteiger partial charge in [0, 0.05) is 26.8 Å². The molecule has 0 saturated heterocycles. The lowest BCUT2D eigenvalue weighted by Crippen LogP contribution is -2.40. The second-order valence-corrected chi connectivity index (χ2v) is 6.11. The van der Waals surface area contributed by atoms with Gasteiger partial charge in [-0.15, -0.1) is 0 Å². The quantitative estimate of drug-likeness (QED) is 0.481. The zero-order valence-electron chi connectivity index (χ0n) is 15.0. The van der Waals surface area contributed by atoms with Crippen LogP contribution in [-0.4, -0.2) is 51.0 Å². The summed E-state index contributed by atoms with van der Waals surface area (Å²) < 4.78 is 11.1. The lowest BCUT2D eigenvalue weighted by atomic mass is 10.0. The second-order valence-electron chi connectivity index (χ2n) is 6.11. The molecular weight excluding hydrogens is 266 g/mol. The molecule has 5 heteroatoms. The van der Waals surface area contributed by atoms with Gasteiger partial charge in [0.05, 0.1) is 18.2 Å². The molecule has 0 aromatic heterocycles. The van der Waals surface area contributed by atoms with Gasteiger partial charge >= 0.3 is 0 Å². The van der Waals surface area contributed by atoms with E-state index in [1.165, 1.54) is 0 Å². The molecule has 126 valence electrons. The van der Waals surface area contributed by atoms with Gasteiger partial charge in [-0.25, -0.2) is 0 Å². The van der Waals surface area contributed by atoms with Crippen LogP contribution in [-0.2, 0) is 9.47 Å². The first-order valence-electron chi connectivity index (χ1n) is 8.05. The summed E-state index contributed by atoms with van der Waals surface area (Å²) in [7, 11) is 1.71. The number of rotatable bonds is 10. The number of hydrogen-bond donors (Lipinski definition) is 2. The molecule has 0 rings (SSSR count). The topological polar surface area (TPSA) is 54.9 Å². The predicted octanol–water partition coefficient (Wildman–Crippen LogP) is 2.42. The van der Waals surface area contributed by atoms with E-state index in [0.29, 0.717) is 18.6 Å². The Balaban J connectivity index is 4.34. The van der Waals surface area contributed by atoms with Gasteiger partial charge in [-0.1, -0.05) is 13.8 Å². The molecule has 0 heterocycles. The third-order valence-corrected chi connectivity index (χ3v) is 3.36. The van der Waals surface area contributed by atoms with Crippen molar-refractivity contribution in [1.29, 1.82) is 0 Å². The van der Waals surface area contributed by atoms with Crippen molar-refractivity contribution < 1.29 is 9.47 Å². The first kappa shape index (κ1) is 20.2. The summed E-state index contributed by atoms with van der Waals surface area (Å²) >= 11 is 0. The Morgan fingerprint density at radius 3 is 2.33 bits per heavy atom. The van der Waals surface area contributed by atoms with Crippen LogP contribution in [0.15, 0.2) is 4.99 Å². The fraction of sp³-hybridized carbons (Fsp3) is 0.938. The average molecular weight is 301 g/mol. The second kappa shape index (κ2) is 10.9. The molecule has 0 aliphatic heterocycles. The van der Waals surface area contributed by atoms with Gasteiger partial charge in [0.25, 0.3) is 0 Å². The Hall–Kier alpha value is -0.810. The van der Waals surface area contributed by atoms with Gasteiger partial charge < -0.3 is 20.1 Å². The standard InChI is InChI=1S/C16H35N3O2/c1-8-17-15(19-12-16(5,6)20-7)18-11-10-14(13(3)4)21-9-2/h13-14H,8-12H2,1-7H3,(H2,17,18,19). The fourth-order valence-corrected chi connectivity index (χ4v) is 1.83. The minimum atomic E-state index is -0.242. The highest BCUT2D eigenvalue weighted by molar-refractivity contribution is 5.79. The lowest BCUT2D eigenvalue weighted by molar-refractivity contribution is 0.0256. The van der Waals surface area contributed by atoms with Gasteiger partial charge in [0.1, 0.15) is 0 Å². The molecule has 0 radical (unpaired) electrons. The number of nitrogens with one attached hydrogen (secondary N) is 2. The van der Waals surface area contributed by atoms with E-state index in [1.807, 2.05) is 20.8 Å². The smallest absolute Gasteiger partial charge is 0.191 e. The van der Waals surface area contributed by atoms with Crippen molar-refractivity contribution in [1.82, 2.24) is 10.6 Å². The van der Waals surface area contributed by atoms with Gasteiger partial charge in [0.2, 0.25) is 0 Å². The predicted molar refractivity (Wildman–Crippen MR) is 89.9 cm³/mol. The highest BCUT2D eigenvalue weighted by atomic mass is 16.5. The molecule has 0 aliphatic carbocycles. The molecule has 1 atom stereocenters. The Morgan fingerprint density at radius 1 is 1.19 bits per heavy atom. The van der Waals surface area contributed by atoms with E-state index in [-0.39, 0.29) is 5.60 Å². The summed E-state index contributed by atoms with van der Waals surface area (Å²) in [5.74, 6) is 1.36. The Labute approximate surface area is 130 Å². The van der Waals surface area contributed by atoms with Gasteiger partial charge in [0.15, 0.2) is 5.96 Å². The SMILES string of the molecule is CCNC(=NCC(C)(C)OC)NCCC(OCC)C(C)C. The molecule has 0 aromatic carbocycles. The molecule has 0 amide bonds. The molecule has 5 nitrogen and oxygen atoms in total. The van der Waals surface area contributed by atoms with Crippen molar-refractivity contribution in [3.05, 3.63) is 0 Å². The highest BCUT2D eigenvalue weighted by Gasteiger charge is 2.16. The van der Waals surface area contributed by atoms with Crippen molar-refractivity contribution in [3.8, 4) is 0 Å². The number of ether oxygens (including phenoxy) is 2. The van der Waals surface area contributed by atoms with Crippen LogP contribution in [0.3, 0.4) is 0 Å². The first-order valence-corrected chi connectivity index (χ1v) is 8.05. The van der Waals surface area contributed by atoms with Crippen molar-refractivity contribution >= 4 is 5.96 Å². The number of aliphatic imine (C=N–C) groups is 1. The zero-order valence-corrected chi connectivity index (χ0v) is 15.0. The van der Waals surface area contributed by atoms with Gasteiger partial charge in [-0.2, -0.15) is 0 Å². The van der Waals surface area contributed by atoms with Gasteiger partial charge in [-0.3, -0.25) is 4.99 Å². The van der Waals surface area contributed by atoms with Crippen LogP contribution in [0.4, 0.5) is 0 Å². The van der Waals surface area contributed by atoms with Crippen molar-refractivity contribution in [2.24, 2.45) is 10.9 Å². The van der Waals surface area contributed by atoms with Crippen molar-refractivity contribution in [2.75, 3.05) is 33.4 Å². The molecule has 0 bridgehead atoms. The maximum atomic E-state index is 5.76. The monoisotopic (exact) mass is 301 g/mol. The van der Waals surface area contributed by atoms with Gasteiger partial charge in [-0.05, 0) is 40.0 Å². The molecular formula is C16H35N3O2. The highest BCUT2D eigenvalue weighted by Crippen LogP contribution is 2.10. The van der Waals surface area contributed by atoms with Crippen LogP contribution in [0.25, 0.3) is 0 Å². The van der Waals surface area contributed by atoms with E-state index < -0.39 is 0 Å². The number of methoxy groups -OCH3 is 1. The Bertz CT molecular complexity index is 291. The normalized spacial score (nSPS) is 14.4. The van der Waals surface area contributed by atoms with E-state index in [2.05, 4.69) is 36.4 Å². The van der Waals surface area contributed by atoms with Crippen LogP contribution in [0.1, 0.15) is 48.0 Å².